The van der Waals surface area contributed by atoms with Gasteiger partial charge in [0.1, 0.15) is 5.75 Å². The molecule has 1 aromatic rings. The molecule has 1 unspecified atom stereocenters. The Balaban J connectivity index is 2.52. The first-order chi connectivity index (χ1) is 7.13. The third-order valence-electron chi connectivity index (χ3n) is 2.25. The van der Waals surface area contributed by atoms with Gasteiger partial charge in [0.05, 0.1) is 7.11 Å². The monoisotopic (exact) mass is 208 g/mol. The van der Waals surface area contributed by atoms with Crippen molar-refractivity contribution in [3.8, 4) is 5.75 Å². The summed E-state index contributed by atoms with van der Waals surface area (Å²) in [5.41, 5.74) is 8.07. The standard InChI is InChI=1S/C12H20N2O/c1-9-6-11(4-5-12(9)15-3)8-14-7-10(2)13/h4-6,10,14H,7-8,13H2,1-3H3. The average molecular weight is 208 g/mol. The highest BCUT2D eigenvalue weighted by Crippen LogP contribution is 2.18. The SMILES string of the molecule is COc1ccc(CNCC(C)N)cc1C. The lowest BCUT2D eigenvalue weighted by atomic mass is 10.1. The van der Waals surface area contributed by atoms with Gasteiger partial charge in [0.15, 0.2) is 0 Å². The van der Waals surface area contributed by atoms with Crippen LogP contribution in [0.4, 0.5) is 0 Å². The van der Waals surface area contributed by atoms with Gasteiger partial charge >= 0.3 is 0 Å². The average Bonchev–Trinajstić information content (AvgIpc) is 2.17. The van der Waals surface area contributed by atoms with Crippen LogP contribution in [0.15, 0.2) is 18.2 Å². The molecule has 0 aliphatic heterocycles. The Hall–Kier alpha value is -1.06. The Labute approximate surface area is 91.6 Å². The maximum atomic E-state index is 5.65. The third-order valence-corrected chi connectivity index (χ3v) is 2.25. The number of rotatable bonds is 5. The molecule has 0 aliphatic carbocycles. The minimum atomic E-state index is 0.198. The Kier molecular flexibility index (Phi) is 4.59. The number of nitrogens with one attached hydrogen (secondary N) is 1. The molecular formula is C12H20N2O. The van der Waals surface area contributed by atoms with Crippen LogP contribution in [0.1, 0.15) is 18.1 Å². The molecule has 0 amide bonds. The third kappa shape index (κ3) is 3.90. The topological polar surface area (TPSA) is 47.3 Å². The van der Waals surface area contributed by atoms with E-state index in [1.54, 1.807) is 7.11 Å². The van der Waals surface area contributed by atoms with Crippen LogP contribution in [-0.4, -0.2) is 19.7 Å². The van der Waals surface area contributed by atoms with Crippen LogP contribution in [0, 0.1) is 6.92 Å². The number of methoxy groups -OCH3 is 1. The zero-order valence-corrected chi connectivity index (χ0v) is 9.71. The summed E-state index contributed by atoms with van der Waals surface area (Å²) in [6, 6.07) is 6.40. The first-order valence-electron chi connectivity index (χ1n) is 5.23. The molecule has 1 atom stereocenters. The predicted molar refractivity (Wildman–Crippen MR) is 63.1 cm³/mol. The van der Waals surface area contributed by atoms with Crippen molar-refractivity contribution in [3.05, 3.63) is 29.3 Å². The molecule has 3 heteroatoms. The van der Waals surface area contributed by atoms with E-state index in [1.807, 2.05) is 19.9 Å². The molecule has 0 aromatic heterocycles. The zero-order chi connectivity index (χ0) is 11.3. The second-order valence-electron chi connectivity index (χ2n) is 3.91. The Morgan fingerprint density at radius 1 is 1.47 bits per heavy atom. The fourth-order valence-corrected chi connectivity index (χ4v) is 1.49. The van der Waals surface area contributed by atoms with Crippen LogP contribution in [-0.2, 0) is 6.54 Å². The lowest BCUT2D eigenvalue weighted by Crippen LogP contribution is -2.30. The van der Waals surface area contributed by atoms with E-state index < -0.39 is 0 Å². The van der Waals surface area contributed by atoms with E-state index in [0.29, 0.717) is 0 Å². The number of aryl methyl sites for hydroxylation is 1. The number of ether oxygens (including phenoxy) is 1. The van der Waals surface area contributed by atoms with Gasteiger partial charge < -0.3 is 15.8 Å². The summed E-state index contributed by atoms with van der Waals surface area (Å²) in [4.78, 5) is 0. The molecule has 15 heavy (non-hydrogen) atoms. The highest BCUT2D eigenvalue weighted by molar-refractivity contribution is 5.36. The second kappa shape index (κ2) is 5.73. The maximum absolute atomic E-state index is 5.65. The van der Waals surface area contributed by atoms with Gasteiger partial charge in [-0.1, -0.05) is 12.1 Å². The van der Waals surface area contributed by atoms with Gasteiger partial charge in [0, 0.05) is 19.1 Å². The van der Waals surface area contributed by atoms with Crippen LogP contribution < -0.4 is 15.8 Å². The van der Waals surface area contributed by atoms with E-state index in [9.17, 15) is 0 Å². The summed E-state index contributed by atoms with van der Waals surface area (Å²) in [6.45, 7) is 5.73. The molecule has 0 bridgehead atoms. The highest BCUT2D eigenvalue weighted by atomic mass is 16.5. The minimum absolute atomic E-state index is 0.198. The van der Waals surface area contributed by atoms with Crippen molar-refractivity contribution < 1.29 is 4.74 Å². The van der Waals surface area contributed by atoms with Gasteiger partial charge in [-0.25, -0.2) is 0 Å². The largest absolute Gasteiger partial charge is 0.496 e. The lowest BCUT2D eigenvalue weighted by Gasteiger charge is -2.09. The molecule has 3 nitrogen and oxygen atoms in total. The zero-order valence-electron chi connectivity index (χ0n) is 9.71. The normalized spacial score (nSPS) is 12.5. The Morgan fingerprint density at radius 2 is 2.20 bits per heavy atom. The van der Waals surface area contributed by atoms with E-state index in [4.69, 9.17) is 10.5 Å². The van der Waals surface area contributed by atoms with Crippen LogP contribution in [0.2, 0.25) is 0 Å². The molecule has 0 heterocycles. The van der Waals surface area contributed by atoms with Crippen molar-refractivity contribution in [2.24, 2.45) is 5.73 Å². The number of hydrogen-bond donors (Lipinski definition) is 2. The van der Waals surface area contributed by atoms with Crippen molar-refractivity contribution in [2.45, 2.75) is 26.4 Å². The van der Waals surface area contributed by atoms with Gasteiger partial charge in [-0.2, -0.15) is 0 Å². The van der Waals surface area contributed by atoms with Crippen molar-refractivity contribution in [1.29, 1.82) is 0 Å². The van der Waals surface area contributed by atoms with Crippen LogP contribution in [0.3, 0.4) is 0 Å². The van der Waals surface area contributed by atoms with Crippen LogP contribution in [0.25, 0.3) is 0 Å². The predicted octanol–water partition coefficient (Wildman–Crippen LogP) is 1.44. The van der Waals surface area contributed by atoms with Gasteiger partial charge in [0.2, 0.25) is 0 Å². The minimum Gasteiger partial charge on any atom is -0.496 e. The molecule has 0 aliphatic rings. The molecule has 3 N–H and O–H groups in total. The molecule has 1 rings (SSSR count). The molecule has 84 valence electrons. The summed E-state index contributed by atoms with van der Waals surface area (Å²) < 4.78 is 5.20. The van der Waals surface area contributed by atoms with Crippen molar-refractivity contribution in [3.63, 3.8) is 0 Å². The first-order valence-corrected chi connectivity index (χ1v) is 5.23. The van der Waals surface area contributed by atoms with E-state index in [1.165, 1.54) is 5.56 Å². The smallest absolute Gasteiger partial charge is 0.121 e. The lowest BCUT2D eigenvalue weighted by molar-refractivity contribution is 0.411. The number of hydrogen-bond acceptors (Lipinski definition) is 3. The molecular weight excluding hydrogens is 188 g/mol. The van der Waals surface area contributed by atoms with E-state index in [0.717, 1.165) is 24.4 Å². The summed E-state index contributed by atoms with van der Waals surface area (Å²) in [5.74, 6) is 0.936. The molecule has 0 saturated carbocycles. The molecule has 1 aromatic carbocycles. The van der Waals surface area contributed by atoms with Gasteiger partial charge in [0.25, 0.3) is 0 Å². The van der Waals surface area contributed by atoms with Crippen molar-refractivity contribution in [1.82, 2.24) is 5.32 Å². The van der Waals surface area contributed by atoms with Crippen LogP contribution in [0.5, 0.6) is 5.75 Å². The number of benzene rings is 1. The van der Waals surface area contributed by atoms with E-state index in [-0.39, 0.29) is 6.04 Å². The van der Waals surface area contributed by atoms with Crippen molar-refractivity contribution in [2.75, 3.05) is 13.7 Å². The highest BCUT2D eigenvalue weighted by Gasteiger charge is 2.00. The summed E-state index contributed by atoms with van der Waals surface area (Å²) in [6.07, 6.45) is 0. The van der Waals surface area contributed by atoms with Crippen molar-refractivity contribution >= 4 is 0 Å². The van der Waals surface area contributed by atoms with E-state index >= 15 is 0 Å². The molecule has 0 spiro atoms. The summed E-state index contributed by atoms with van der Waals surface area (Å²) in [7, 11) is 1.69. The quantitative estimate of drug-likeness (QED) is 0.769. The molecule has 0 fully saturated rings. The summed E-state index contributed by atoms with van der Waals surface area (Å²) in [5, 5.41) is 3.30. The number of nitrogens with two attached hydrogens (primary N) is 1. The molecule has 0 saturated heterocycles. The Morgan fingerprint density at radius 3 is 2.73 bits per heavy atom. The summed E-state index contributed by atoms with van der Waals surface area (Å²) >= 11 is 0. The second-order valence-corrected chi connectivity index (χ2v) is 3.91. The van der Waals surface area contributed by atoms with Gasteiger partial charge in [-0.3, -0.25) is 0 Å². The first kappa shape index (κ1) is 12.0. The fourth-order valence-electron chi connectivity index (χ4n) is 1.49. The Bertz CT molecular complexity index is 310. The van der Waals surface area contributed by atoms with Crippen LogP contribution >= 0.6 is 0 Å². The van der Waals surface area contributed by atoms with E-state index in [2.05, 4.69) is 17.4 Å². The fraction of sp³-hybridized carbons (Fsp3) is 0.500. The van der Waals surface area contributed by atoms with Gasteiger partial charge in [-0.05, 0) is 31.0 Å². The molecule has 0 radical (unpaired) electrons. The van der Waals surface area contributed by atoms with Gasteiger partial charge in [-0.15, -0.1) is 0 Å². The maximum Gasteiger partial charge on any atom is 0.121 e.